The largest absolute Gasteiger partial charge is 0.496 e. The molecular formula is C13H14N2O4. The lowest BCUT2D eigenvalue weighted by atomic mass is 10.2. The Morgan fingerprint density at radius 1 is 1.42 bits per heavy atom. The number of methoxy groups -OCH3 is 1. The molecule has 0 aromatic heterocycles. The second kappa shape index (κ2) is 6.91. The number of rotatable bonds is 4. The Kier molecular flexibility index (Phi) is 5.23. The SMILES string of the molecule is CC#CCNC(=O)Nc1ccc(C(=O)O)c(OC)c1. The van der Waals surface area contributed by atoms with Crippen LogP contribution in [0.2, 0.25) is 0 Å². The smallest absolute Gasteiger partial charge is 0.339 e. The standard InChI is InChI=1S/C13H14N2O4/c1-3-4-7-14-13(18)15-9-5-6-10(12(16)17)11(8-9)19-2/h5-6,8H,7H2,1-2H3,(H,16,17)(H2,14,15,18). The van der Waals surface area contributed by atoms with Gasteiger partial charge in [-0.25, -0.2) is 9.59 Å². The van der Waals surface area contributed by atoms with Crippen LogP contribution in [0.3, 0.4) is 0 Å². The molecule has 0 aliphatic rings. The molecule has 6 heteroatoms. The second-order valence-electron chi connectivity index (χ2n) is 3.45. The molecule has 0 heterocycles. The van der Waals surface area contributed by atoms with Crippen LogP contribution in [0.25, 0.3) is 0 Å². The van der Waals surface area contributed by atoms with Crippen LogP contribution in [0.5, 0.6) is 5.75 Å². The fraction of sp³-hybridized carbons (Fsp3) is 0.231. The minimum atomic E-state index is -1.09. The first kappa shape index (κ1) is 14.4. The Morgan fingerprint density at radius 2 is 2.16 bits per heavy atom. The van der Waals surface area contributed by atoms with Crippen molar-refractivity contribution in [2.45, 2.75) is 6.92 Å². The van der Waals surface area contributed by atoms with Crippen molar-refractivity contribution in [1.29, 1.82) is 0 Å². The van der Waals surface area contributed by atoms with Gasteiger partial charge < -0.3 is 20.5 Å². The van der Waals surface area contributed by atoms with Gasteiger partial charge in [0.25, 0.3) is 0 Å². The van der Waals surface area contributed by atoms with Gasteiger partial charge in [-0.1, -0.05) is 5.92 Å². The van der Waals surface area contributed by atoms with Gasteiger partial charge >= 0.3 is 12.0 Å². The number of ether oxygens (including phenoxy) is 1. The summed E-state index contributed by atoms with van der Waals surface area (Å²) in [7, 11) is 1.36. The normalized spacial score (nSPS) is 8.95. The topological polar surface area (TPSA) is 87.7 Å². The van der Waals surface area contributed by atoms with Crippen LogP contribution in [0.1, 0.15) is 17.3 Å². The molecule has 100 valence electrons. The summed E-state index contributed by atoms with van der Waals surface area (Å²) in [6.07, 6.45) is 0. The molecule has 0 radical (unpaired) electrons. The predicted molar refractivity (Wildman–Crippen MR) is 70.4 cm³/mol. The summed E-state index contributed by atoms with van der Waals surface area (Å²) >= 11 is 0. The first-order valence-electron chi connectivity index (χ1n) is 5.44. The number of nitrogens with one attached hydrogen (secondary N) is 2. The van der Waals surface area contributed by atoms with Crippen molar-refractivity contribution in [3.63, 3.8) is 0 Å². The van der Waals surface area contributed by atoms with Gasteiger partial charge in [-0.3, -0.25) is 0 Å². The summed E-state index contributed by atoms with van der Waals surface area (Å²) in [5.74, 6) is 4.42. The van der Waals surface area contributed by atoms with Crippen LogP contribution in [0, 0.1) is 11.8 Å². The van der Waals surface area contributed by atoms with E-state index in [4.69, 9.17) is 9.84 Å². The predicted octanol–water partition coefficient (Wildman–Crippen LogP) is 1.54. The average Bonchev–Trinajstić information content (AvgIpc) is 2.38. The first-order chi connectivity index (χ1) is 9.08. The molecule has 0 saturated heterocycles. The fourth-order valence-electron chi connectivity index (χ4n) is 1.33. The molecule has 0 aliphatic carbocycles. The van der Waals surface area contributed by atoms with Gasteiger partial charge in [0.15, 0.2) is 0 Å². The maximum absolute atomic E-state index is 11.5. The van der Waals surface area contributed by atoms with Gasteiger partial charge in [0.1, 0.15) is 11.3 Å². The monoisotopic (exact) mass is 262 g/mol. The number of aromatic carboxylic acids is 1. The highest BCUT2D eigenvalue weighted by atomic mass is 16.5. The van der Waals surface area contributed by atoms with Crippen molar-refractivity contribution < 1.29 is 19.4 Å². The number of hydrogen-bond acceptors (Lipinski definition) is 3. The Labute approximate surface area is 110 Å². The average molecular weight is 262 g/mol. The molecule has 1 aromatic carbocycles. The van der Waals surface area contributed by atoms with Crippen molar-refractivity contribution in [2.24, 2.45) is 0 Å². The maximum atomic E-state index is 11.5. The van der Waals surface area contributed by atoms with E-state index in [1.165, 1.54) is 25.3 Å². The van der Waals surface area contributed by atoms with E-state index in [9.17, 15) is 9.59 Å². The molecule has 0 fully saturated rings. The molecule has 2 amide bonds. The number of benzene rings is 1. The number of carbonyl (C=O) groups is 2. The quantitative estimate of drug-likeness (QED) is 0.718. The van der Waals surface area contributed by atoms with Crippen LogP contribution in [-0.2, 0) is 0 Å². The number of urea groups is 1. The molecule has 6 nitrogen and oxygen atoms in total. The Hall–Kier alpha value is -2.68. The molecule has 0 spiro atoms. The highest BCUT2D eigenvalue weighted by molar-refractivity contribution is 5.94. The number of carboxylic acids is 1. The molecule has 0 bridgehead atoms. The lowest BCUT2D eigenvalue weighted by Gasteiger charge is -2.09. The lowest BCUT2D eigenvalue weighted by molar-refractivity contribution is 0.0693. The van der Waals surface area contributed by atoms with E-state index in [-0.39, 0.29) is 17.9 Å². The van der Waals surface area contributed by atoms with Crippen molar-refractivity contribution >= 4 is 17.7 Å². The number of hydrogen-bond donors (Lipinski definition) is 3. The van der Waals surface area contributed by atoms with Gasteiger partial charge in [0.2, 0.25) is 0 Å². The molecule has 3 N–H and O–H groups in total. The minimum Gasteiger partial charge on any atom is -0.496 e. The molecular weight excluding hydrogens is 248 g/mol. The number of anilines is 1. The van der Waals surface area contributed by atoms with E-state index in [1.54, 1.807) is 6.92 Å². The zero-order valence-corrected chi connectivity index (χ0v) is 10.6. The molecule has 19 heavy (non-hydrogen) atoms. The molecule has 1 rings (SSSR count). The van der Waals surface area contributed by atoms with Crippen molar-refractivity contribution in [3.05, 3.63) is 23.8 Å². The zero-order chi connectivity index (χ0) is 14.3. The summed E-state index contributed by atoms with van der Waals surface area (Å²) in [4.78, 5) is 22.4. The third-order valence-electron chi connectivity index (χ3n) is 2.20. The number of carbonyl (C=O) groups excluding carboxylic acids is 1. The highest BCUT2D eigenvalue weighted by Gasteiger charge is 2.11. The van der Waals surface area contributed by atoms with E-state index in [0.717, 1.165) is 0 Å². The fourth-order valence-corrected chi connectivity index (χ4v) is 1.33. The maximum Gasteiger partial charge on any atom is 0.339 e. The molecule has 0 unspecified atom stereocenters. The summed E-state index contributed by atoms with van der Waals surface area (Å²) in [6.45, 7) is 1.92. The third-order valence-corrected chi connectivity index (χ3v) is 2.20. The lowest BCUT2D eigenvalue weighted by Crippen LogP contribution is -2.28. The van der Waals surface area contributed by atoms with Crippen LogP contribution in [-0.4, -0.2) is 30.8 Å². The second-order valence-corrected chi connectivity index (χ2v) is 3.45. The summed E-state index contributed by atoms with van der Waals surface area (Å²) < 4.78 is 4.95. The molecule has 0 atom stereocenters. The van der Waals surface area contributed by atoms with E-state index in [2.05, 4.69) is 22.5 Å². The van der Waals surface area contributed by atoms with Gasteiger partial charge in [0.05, 0.1) is 13.7 Å². The van der Waals surface area contributed by atoms with Gasteiger partial charge in [-0.2, -0.15) is 0 Å². The van der Waals surface area contributed by atoms with Gasteiger partial charge in [0, 0.05) is 11.8 Å². The Bertz CT molecular complexity index is 543. The molecule has 1 aromatic rings. The minimum absolute atomic E-state index is 0.0327. The zero-order valence-electron chi connectivity index (χ0n) is 10.6. The Balaban J connectivity index is 2.76. The highest BCUT2D eigenvalue weighted by Crippen LogP contribution is 2.23. The number of amides is 2. The van der Waals surface area contributed by atoms with E-state index in [0.29, 0.717) is 5.69 Å². The van der Waals surface area contributed by atoms with E-state index < -0.39 is 12.0 Å². The van der Waals surface area contributed by atoms with Gasteiger partial charge in [-0.15, -0.1) is 5.92 Å². The van der Waals surface area contributed by atoms with Crippen LogP contribution >= 0.6 is 0 Å². The van der Waals surface area contributed by atoms with Gasteiger partial charge in [-0.05, 0) is 19.1 Å². The number of carboxylic acid groups (broad SMARTS) is 1. The molecule has 0 aliphatic heterocycles. The summed E-state index contributed by atoms with van der Waals surface area (Å²) in [5, 5.41) is 14.0. The first-order valence-corrected chi connectivity index (χ1v) is 5.44. The third kappa shape index (κ3) is 4.24. The van der Waals surface area contributed by atoms with Crippen molar-refractivity contribution in [2.75, 3.05) is 19.0 Å². The van der Waals surface area contributed by atoms with E-state index >= 15 is 0 Å². The Morgan fingerprint density at radius 3 is 2.74 bits per heavy atom. The van der Waals surface area contributed by atoms with E-state index in [1.807, 2.05) is 0 Å². The van der Waals surface area contributed by atoms with Crippen molar-refractivity contribution in [1.82, 2.24) is 5.32 Å². The molecule has 0 saturated carbocycles. The van der Waals surface area contributed by atoms with Crippen LogP contribution < -0.4 is 15.4 Å². The summed E-state index contributed by atoms with van der Waals surface area (Å²) in [5.41, 5.74) is 0.467. The van der Waals surface area contributed by atoms with Crippen molar-refractivity contribution in [3.8, 4) is 17.6 Å². The van der Waals surface area contributed by atoms with Crippen LogP contribution in [0.15, 0.2) is 18.2 Å². The van der Waals surface area contributed by atoms with Crippen LogP contribution in [0.4, 0.5) is 10.5 Å². The summed E-state index contributed by atoms with van der Waals surface area (Å²) in [6, 6.07) is 3.86.